The molecule has 25 heavy (non-hydrogen) atoms. The van der Waals surface area contributed by atoms with E-state index in [4.69, 9.17) is 9.47 Å². The van der Waals surface area contributed by atoms with Crippen LogP contribution in [0.1, 0.15) is 16.5 Å². The molecular weight excluding hydrogens is 336 g/mol. The molecule has 5 nitrogen and oxygen atoms in total. The summed E-state index contributed by atoms with van der Waals surface area (Å²) < 4.78 is 10.8. The number of benzene rings is 2. The molecule has 3 rings (SSSR count). The number of hydrogen-bond acceptors (Lipinski definition) is 4. The van der Waals surface area contributed by atoms with Crippen molar-refractivity contribution in [3.8, 4) is 11.5 Å². The molecule has 0 bridgehead atoms. The van der Waals surface area contributed by atoms with Crippen LogP contribution < -0.4 is 14.8 Å². The Morgan fingerprint density at radius 2 is 2.04 bits per heavy atom. The van der Waals surface area contributed by atoms with Gasteiger partial charge in [-0.3, -0.25) is 0 Å². The number of hydrogen-bond donors (Lipinski definition) is 1. The molecule has 1 heterocycles. The van der Waals surface area contributed by atoms with E-state index in [9.17, 15) is 4.79 Å². The number of ether oxygens (including phenoxy) is 2. The van der Waals surface area contributed by atoms with Crippen molar-refractivity contribution in [3.05, 3.63) is 53.6 Å². The first-order valence-corrected chi connectivity index (χ1v) is 9.15. The molecule has 1 fully saturated rings. The van der Waals surface area contributed by atoms with Gasteiger partial charge in [-0.1, -0.05) is 12.1 Å². The minimum absolute atomic E-state index is 0.0781. The molecule has 0 spiro atoms. The number of anilines is 1. The summed E-state index contributed by atoms with van der Waals surface area (Å²) in [6, 6.07) is 13.4. The first-order chi connectivity index (χ1) is 12.1. The van der Waals surface area contributed by atoms with Crippen molar-refractivity contribution < 1.29 is 14.3 Å². The Labute approximate surface area is 152 Å². The number of carbonyl (C=O) groups is 1. The Hall–Kier alpha value is -2.34. The van der Waals surface area contributed by atoms with Gasteiger partial charge in [-0.25, -0.2) is 4.79 Å². The first-order valence-electron chi connectivity index (χ1n) is 8.10. The molecule has 0 saturated carbocycles. The average Bonchev–Trinajstić information content (AvgIpc) is 3.10. The zero-order valence-electron chi connectivity index (χ0n) is 14.6. The third-order valence-electron chi connectivity index (χ3n) is 4.13. The third kappa shape index (κ3) is 3.85. The summed E-state index contributed by atoms with van der Waals surface area (Å²) in [5.74, 6) is 2.35. The van der Waals surface area contributed by atoms with Gasteiger partial charge in [0.1, 0.15) is 16.9 Å². The number of carbonyl (C=O) groups excluding carboxylic acids is 1. The van der Waals surface area contributed by atoms with Gasteiger partial charge in [0.05, 0.1) is 14.2 Å². The Bertz CT molecular complexity index is 766. The van der Waals surface area contributed by atoms with Crippen molar-refractivity contribution in [2.75, 3.05) is 31.8 Å². The predicted octanol–water partition coefficient (Wildman–Crippen LogP) is 4.29. The molecule has 1 N–H and O–H groups in total. The Morgan fingerprint density at radius 3 is 2.76 bits per heavy atom. The minimum Gasteiger partial charge on any atom is -0.497 e. The highest BCUT2D eigenvalue weighted by Crippen LogP contribution is 2.43. The van der Waals surface area contributed by atoms with E-state index >= 15 is 0 Å². The Morgan fingerprint density at radius 1 is 1.20 bits per heavy atom. The van der Waals surface area contributed by atoms with Gasteiger partial charge in [0, 0.05) is 29.6 Å². The lowest BCUT2D eigenvalue weighted by molar-refractivity contribution is 0.213. The van der Waals surface area contributed by atoms with Crippen LogP contribution in [0, 0.1) is 6.92 Å². The summed E-state index contributed by atoms with van der Waals surface area (Å²) in [7, 11) is 3.26. The molecule has 0 radical (unpaired) electrons. The number of thioether (sulfide) groups is 1. The highest BCUT2D eigenvalue weighted by Gasteiger charge is 2.32. The van der Waals surface area contributed by atoms with E-state index in [1.807, 2.05) is 54.3 Å². The zero-order chi connectivity index (χ0) is 17.8. The topological polar surface area (TPSA) is 50.8 Å². The lowest BCUT2D eigenvalue weighted by atomic mass is 10.1. The van der Waals surface area contributed by atoms with Crippen LogP contribution in [0.4, 0.5) is 10.5 Å². The van der Waals surface area contributed by atoms with E-state index in [2.05, 4.69) is 5.32 Å². The number of urea groups is 1. The smallest absolute Gasteiger partial charge is 0.323 e. The molecule has 1 aliphatic heterocycles. The molecule has 132 valence electrons. The fourth-order valence-corrected chi connectivity index (χ4v) is 4.16. The quantitative estimate of drug-likeness (QED) is 0.886. The van der Waals surface area contributed by atoms with Crippen molar-refractivity contribution >= 4 is 23.5 Å². The van der Waals surface area contributed by atoms with Gasteiger partial charge in [-0.15, -0.1) is 11.8 Å². The molecule has 2 amide bonds. The van der Waals surface area contributed by atoms with Gasteiger partial charge in [0.2, 0.25) is 0 Å². The normalized spacial score (nSPS) is 16.6. The highest BCUT2D eigenvalue weighted by molar-refractivity contribution is 7.99. The summed E-state index contributed by atoms with van der Waals surface area (Å²) >= 11 is 1.73. The van der Waals surface area contributed by atoms with E-state index in [1.165, 1.54) is 0 Å². The number of amides is 2. The number of rotatable bonds is 4. The molecule has 2 aromatic carbocycles. The Balaban J connectivity index is 1.81. The van der Waals surface area contributed by atoms with E-state index in [0.29, 0.717) is 6.54 Å². The molecule has 0 aromatic heterocycles. The van der Waals surface area contributed by atoms with E-state index < -0.39 is 0 Å². The minimum atomic E-state index is -0.0986. The maximum absolute atomic E-state index is 12.8. The maximum Gasteiger partial charge on any atom is 0.323 e. The number of methoxy groups -OCH3 is 2. The van der Waals surface area contributed by atoms with E-state index in [-0.39, 0.29) is 11.4 Å². The van der Waals surface area contributed by atoms with Crippen LogP contribution in [-0.2, 0) is 0 Å². The van der Waals surface area contributed by atoms with Gasteiger partial charge in [-0.2, -0.15) is 0 Å². The lowest BCUT2D eigenvalue weighted by Gasteiger charge is -2.26. The van der Waals surface area contributed by atoms with Crippen LogP contribution in [0.3, 0.4) is 0 Å². The number of aryl methyl sites for hydroxylation is 1. The van der Waals surface area contributed by atoms with Gasteiger partial charge in [0.15, 0.2) is 0 Å². The first kappa shape index (κ1) is 17.5. The maximum atomic E-state index is 12.8. The molecule has 2 aromatic rings. The van der Waals surface area contributed by atoms with Gasteiger partial charge in [0.25, 0.3) is 0 Å². The second-order valence-corrected chi connectivity index (χ2v) is 7.01. The predicted molar refractivity (Wildman–Crippen MR) is 102 cm³/mol. The summed E-state index contributed by atoms with van der Waals surface area (Å²) in [6.07, 6.45) is 0. The molecule has 1 aliphatic rings. The van der Waals surface area contributed by atoms with Crippen LogP contribution in [0.15, 0.2) is 42.5 Å². The van der Waals surface area contributed by atoms with Crippen LogP contribution in [0.5, 0.6) is 11.5 Å². The number of nitrogens with zero attached hydrogens (tertiary/aromatic N) is 1. The third-order valence-corrected chi connectivity index (χ3v) is 5.37. The van der Waals surface area contributed by atoms with Crippen LogP contribution in [-0.4, -0.2) is 37.4 Å². The largest absolute Gasteiger partial charge is 0.497 e. The van der Waals surface area contributed by atoms with E-state index in [0.717, 1.165) is 34.1 Å². The molecule has 0 unspecified atom stereocenters. The summed E-state index contributed by atoms with van der Waals surface area (Å²) in [5, 5.41) is 2.91. The highest BCUT2D eigenvalue weighted by atomic mass is 32.2. The monoisotopic (exact) mass is 358 g/mol. The molecule has 6 heteroatoms. The van der Waals surface area contributed by atoms with Crippen molar-refractivity contribution in [3.63, 3.8) is 0 Å². The van der Waals surface area contributed by atoms with Gasteiger partial charge in [-0.05, 0) is 36.8 Å². The fourth-order valence-electron chi connectivity index (χ4n) is 2.88. The Kier molecular flexibility index (Phi) is 5.38. The van der Waals surface area contributed by atoms with Crippen molar-refractivity contribution in [1.82, 2.24) is 4.90 Å². The number of nitrogens with one attached hydrogen (secondary N) is 1. The average molecular weight is 358 g/mol. The second-order valence-electron chi connectivity index (χ2n) is 5.82. The van der Waals surface area contributed by atoms with E-state index in [1.54, 1.807) is 26.0 Å². The van der Waals surface area contributed by atoms with Crippen molar-refractivity contribution in [2.24, 2.45) is 0 Å². The summed E-state index contributed by atoms with van der Waals surface area (Å²) in [5.41, 5.74) is 2.90. The molecule has 0 aliphatic carbocycles. The second kappa shape index (κ2) is 7.70. The van der Waals surface area contributed by atoms with Gasteiger partial charge < -0.3 is 19.7 Å². The summed E-state index contributed by atoms with van der Waals surface area (Å²) in [6.45, 7) is 2.70. The lowest BCUT2D eigenvalue weighted by Crippen LogP contribution is -2.34. The molecular formula is C19H22N2O3S. The van der Waals surface area contributed by atoms with Crippen LogP contribution in [0.25, 0.3) is 0 Å². The standard InChI is InChI=1S/C19H22N2O3S/c1-13-5-4-6-14(11-13)20-19(22)21-9-10-25-18(21)16-8-7-15(23-2)12-17(16)24-3/h4-8,11-12,18H,9-10H2,1-3H3,(H,20,22)/t18-/m1/s1. The molecule has 1 atom stereocenters. The summed E-state index contributed by atoms with van der Waals surface area (Å²) in [4.78, 5) is 14.6. The zero-order valence-corrected chi connectivity index (χ0v) is 15.4. The van der Waals surface area contributed by atoms with Gasteiger partial charge >= 0.3 is 6.03 Å². The van der Waals surface area contributed by atoms with Crippen molar-refractivity contribution in [2.45, 2.75) is 12.3 Å². The van der Waals surface area contributed by atoms with Crippen LogP contribution in [0.2, 0.25) is 0 Å². The van der Waals surface area contributed by atoms with Crippen LogP contribution >= 0.6 is 11.8 Å². The molecule has 1 saturated heterocycles. The fraction of sp³-hybridized carbons (Fsp3) is 0.316. The van der Waals surface area contributed by atoms with Crippen molar-refractivity contribution in [1.29, 1.82) is 0 Å². The SMILES string of the molecule is COc1ccc([C@H]2SCCN2C(=O)Nc2cccc(C)c2)c(OC)c1.